The Hall–Kier alpha value is -1.22. The minimum atomic E-state index is -0.295. The van der Waals surface area contributed by atoms with Crippen molar-refractivity contribution in [1.29, 1.82) is 0 Å². The molecule has 1 rings (SSSR count). The molecule has 0 saturated carbocycles. The number of amides is 2. The lowest BCUT2D eigenvalue weighted by Crippen LogP contribution is -2.27. The van der Waals surface area contributed by atoms with E-state index >= 15 is 0 Å². The maximum Gasteiger partial charge on any atom is 0.320 e. The van der Waals surface area contributed by atoms with Crippen molar-refractivity contribution in [3.8, 4) is 0 Å². The van der Waals surface area contributed by atoms with Crippen LogP contribution in [0, 0.1) is 0 Å². The molecule has 0 aromatic heterocycles. The Kier molecular flexibility index (Phi) is 3.41. The summed E-state index contributed by atoms with van der Waals surface area (Å²) in [5.74, 6) is 0. The van der Waals surface area contributed by atoms with E-state index in [2.05, 4.69) is 10.6 Å². The molecule has 2 amide bonds. The molecule has 0 heterocycles. The van der Waals surface area contributed by atoms with Gasteiger partial charge in [0.2, 0.25) is 0 Å². The summed E-state index contributed by atoms with van der Waals surface area (Å²) in [6.45, 7) is 0. The molecule has 0 aliphatic carbocycles. The summed E-state index contributed by atoms with van der Waals surface area (Å²) in [6, 6.07) is 8.98. The number of carbonyl (C=O) groups excluding carboxylic acids is 1. The number of urea groups is 1. The quantitative estimate of drug-likeness (QED) is 0.536. The van der Waals surface area contributed by atoms with E-state index in [-0.39, 0.29) is 12.0 Å². The second-order valence-corrected chi connectivity index (χ2v) is 2.40. The third-order valence-corrected chi connectivity index (χ3v) is 1.39. The average molecular weight is 185 g/mol. The summed E-state index contributed by atoms with van der Waals surface area (Å²) in [4.78, 5) is 10.9. The molecule has 0 aliphatic rings. The lowest BCUT2D eigenvalue weighted by Gasteiger charge is -2.03. The van der Waals surface area contributed by atoms with Gasteiger partial charge in [-0.2, -0.15) is 0 Å². The van der Waals surface area contributed by atoms with E-state index in [9.17, 15) is 4.79 Å². The van der Waals surface area contributed by atoms with Crippen LogP contribution < -0.4 is 10.6 Å². The average Bonchev–Trinajstić information content (AvgIpc) is 2.06. The van der Waals surface area contributed by atoms with Crippen LogP contribution in [-0.4, -0.2) is 12.0 Å². The highest BCUT2D eigenvalue weighted by Crippen LogP contribution is 2.03. The van der Waals surface area contributed by atoms with Crippen molar-refractivity contribution in [2.24, 2.45) is 0 Å². The van der Waals surface area contributed by atoms with Gasteiger partial charge in [0.05, 0.1) is 6.00 Å². The van der Waals surface area contributed by atoms with Gasteiger partial charge < -0.3 is 10.6 Å². The van der Waals surface area contributed by atoms with Crippen molar-refractivity contribution in [3.05, 3.63) is 30.3 Å². The SMILES string of the molecule is O=C(NCCl)Nc1ccccc1. The Labute approximate surface area is 75.7 Å². The van der Waals surface area contributed by atoms with Crippen molar-refractivity contribution in [2.75, 3.05) is 11.3 Å². The van der Waals surface area contributed by atoms with Crippen LogP contribution in [0.5, 0.6) is 0 Å². The summed E-state index contributed by atoms with van der Waals surface area (Å²) in [5.41, 5.74) is 0.750. The molecule has 0 unspecified atom stereocenters. The molecule has 0 fully saturated rings. The number of para-hydroxylation sites is 1. The first kappa shape index (κ1) is 8.87. The van der Waals surface area contributed by atoms with E-state index in [4.69, 9.17) is 11.6 Å². The Morgan fingerprint density at radius 3 is 2.58 bits per heavy atom. The molecule has 0 radical (unpaired) electrons. The fourth-order valence-electron chi connectivity index (χ4n) is 0.757. The van der Waals surface area contributed by atoms with Gasteiger partial charge in [0.25, 0.3) is 0 Å². The van der Waals surface area contributed by atoms with Crippen molar-refractivity contribution >= 4 is 23.3 Å². The summed E-state index contributed by atoms with van der Waals surface area (Å²) < 4.78 is 0. The number of rotatable bonds is 2. The summed E-state index contributed by atoms with van der Waals surface area (Å²) in [6.07, 6.45) is 0. The third kappa shape index (κ3) is 2.80. The van der Waals surface area contributed by atoms with Crippen LogP contribution in [-0.2, 0) is 0 Å². The zero-order chi connectivity index (χ0) is 8.81. The van der Waals surface area contributed by atoms with Crippen molar-refractivity contribution in [3.63, 3.8) is 0 Å². The second kappa shape index (κ2) is 4.62. The maximum atomic E-state index is 10.9. The molecule has 0 atom stereocenters. The molecule has 64 valence electrons. The number of carbonyl (C=O) groups is 1. The normalized spacial score (nSPS) is 9.08. The van der Waals surface area contributed by atoms with E-state index in [0.717, 1.165) is 5.69 Å². The minimum absolute atomic E-state index is 0.110. The minimum Gasteiger partial charge on any atom is -0.324 e. The van der Waals surface area contributed by atoms with Crippen molar-refractivity contribution in [2.45, 2.75) is 0 Å². The van der Waals surface area contributed by atoms with Gasteiger partial charge in [0.1, 0.15) is 0 Å². The standard InChI is InChI=1S/C8H9ClN2O/c9-6-10-8(12)11-7-4-2-1-3-5-7/h1-5H,6H2,(H2,10,11,12). The molecule has 1 aromatic carbocycles. The van der Waals surface area contributed by atoms with Crippen LogP contribution in [0.1, 0.15) is 0 Å². The maximum absolute atomic E-state index is 10.9. The molecule has 12 heavy (non-hydrogen) atoms. The first-order valence-electron chi connectivity index (χ1n) is 3.49. The zero-order valence-corrected chi connectivity index (χ0v) is 7.14. The van der Waals surface area contributed by atoms with Gasteiger partial charge in [-0.3, -0.25) is 0 Å². The highest BCUT2D eigenvalue weighted by atomic mass is 35.5. The summed E-state index contributed by atoms with van der Waals surface area (Å²) in [5, 5.41) is 5.02. The molecule has 0 aliphatic heterocycles. The second-order valence-electron chi connectivity index (χ2n) is 2.13. The zero-order valence-electron chi connectivity index (χ0n) is 6.38. The van der Waals surface area contributed by atoms with Crippen molar-refractivity contribution in [1.82, 2.24) is 5.32 Å². The Morgan fingerprint density at radius 2 is 2.00 bits per heavy atom. The predicted octanol–water partition coefficient (Wildman–Crippen LogP) is 2.00. The number of anilines is 1. The molecule has 3 nitrogen and oxygen atoms in total. The van der Waals surface area contributed by atoms with Gasteiger partial charge in [-0.25, -0.2) is 4.79 Å². The van der Waals surface area contributed by atoms with Crippen LogP contribution in [0.15, 0.2) is 30.3 Å². The first-order chi connectivity index (χ1) is 5.83. The number of halogens is 1. The Bertz CT molecular complexity index is 250. The number of hydrogen-bond acceptors (Lipinski definition) is 1. The topological polar surface area (TPSA) is 41.1 Å². The van der Waals surface area contributed by atoms with Gasteiger partial charge >= 0.3 is 6.03 Å². The van der Waals surface area contributed by atoms with Crippen LogP contribution in [0.25, 0.3) is 0 Å². The Morgan fingerprint density at radius 1 is 1.33 bits per heavy atom. The van der Waals surface area contributed by atoms with E-state index in [1.165, 1.54) is 0 Å². The van der Waals surface area contributed by atoms with Gasteiger partial charge in [0, 0.05) is 5.69 Å². The predicted molar refractivity (Wildman–Crippen MR) is 49.3 cm³/mol. The van der Waals surface area contributed by atoms with Crippen LogP contribution in [0.4, 0.5) is 10.5 Å². The lowest BCUT2D eigenvalue weighted by molar-refractivity contribution is 0.253. The van der Waals surface area contributed by atoms with Crippen LogP contribution in [0.2, 0.25) is 0 Å². The molecule has 1 aromatic rings. The third-order valence-electron chi connectivity index (χ3n) is 1.26. The number of benzene rings is 1. The van der Waals surface area contributed by atoms with E-state index in [1.54, 1.807) is 12.1 Å². The monoisotopic (exact) mass is 184 g/mol. The van der Waals surface area contributed by atoms with Gasteiger partial charge in [-0.05, 0) is 12.1 Å². The largest absolute Gasteiger partial charge is 0.324 e. The van der Waals surface area contributed by atoms with Crippen LogP contribution >= 0.6 is 11.6 Å². The van der Waals surface area contributed by atoms with Gasteiger partial charge in [-0.1, -0.05) is 18.2 Å². The lowest BCUT2D eigenvalue weighted by atomic mass is 10.3. The first-order valence-corrected chi connectivity index (χ1v) is 4.02. The van der Waals surface area contributed by atoms with Crippen LogP contribution in [0.3, 0.4) is 0 Å². The molecule has 0 spiro atoms. The number of hydrogen-bond donors (Lipinski definition) is 2. The fourth-order valence-corrected chi connectivity index (χ4v) is 0.879. The van der Waals surface area contributed by atoms with E-state index < -0.39 is 0 Å². The highest BCUT2D eigenvalue weighted by molar-refractivity contribution is 6.18. The molecule has 4 heteroatoms. The number of alkyl halides is 1. The molecule has 0 bridgehead atoms. The van der Waals surface area contributed by atoms with Gasteiger partial charge in [-0.15, -0.1) is 11.6 Å². The molecule has 0 saturated heterocycles. The highest BCUT2D eigenvalue weighted by Gasteiger charge is 1.97. The summed E-state index contributed by atoms with van der Waals surface area (Å²) in [7, 11) is 0. The van der Waals surface area contributed by atoms with E-state index in [0.29, 0.717) is 0 Å². The number of nitrogens with one attached hydrogen (secondary N) is 2. The molecule has 2 N–H and O–H groups in total. The van der Waals surface area contributed by atoms with Gasteiger partial charge in [0.15, 0.2) is 0 Å². The molecular weight excluding hydrogens is 176 g/mol. The molecular formula is C8H9ClN2O. The van der Waals surface area contributed by atoms with E-state index in [1.807, 2.05) is 18.2 Å². The summed E-state index contributed by atoms with van der Waals surface area (Å²) >= 11 is 5.29. The Balaban J connectivity index is 2.47. The smallest absolute Gasteiger partial charge is 0.320 e. The van der Waals surface area contributed by atoms with Crippen molar-refractivity contribution < 1.29 is 4.79 Å². The fraction of sp³-hybridized carbons (Fsp3) is 0.125.